The van der Waals surface area contributed by atoms with Crippen molar-refractivity contribution < 1.29 is 18.3 Å². The lowest BCUT2D eigenvalue weighted by molar-refractivity contribution is -0.305. The van der Waals surface area contributed by atoms with Crippen molar-refractivity contribution in [2.75, 3.05) is 6.54 Å². The highest BCUT2D eigenvalue weighted by molar-refractivity contribution is 7.89. The summed E-state index contributed by atoms with van der Waals surface area (Å²) in [4.78, 5) is 10.3. The number of nitrogens with one attached hydrogen (secondary N) is 1. The second kappa shape index (κ2) is 5.79. The molecule has 0 spiro atoms. The molecule has 1 aromatic rings. The SMILES string of the molecule is Cc1ccc(S(=O)(=O)NCCCC(=O)[O-])cc1. The second-order valence-electron chi connectivity index (χ2n) is 3.69. The topological polar surface area (TPSA) is 86.3 Å². The zero-order chi connectivity index (χ0) is 12.9. The maximum Gasteiger partial charge on any atom is 0.240 e. The van der Waals surface area contributed by atoms with E-state index in [4.69, 9.17) is 0 Å². The molecule has 94 valence electrons. The highest BCUT2D eigenvalue weighted by atomic mass is 32.2. The summed E-state index contributed by atoms with van der Waals surface area (Å²) < 4.78 is 25.8. The van der Waals surface area contributed by atoms with E-state index >= 15 is 0 Å². The highest BCUT2D eigenvalue weighted by Gasteiger charge is 2.12. The molecule has 5 nitrogen and oxygen atoms in total. The summed E-state index contributed by atoms with van der Waals surface area (Å²) in [6.45, 7) is 1.95. The normalized spacial score (nSPS) is 11.4. The van der Waals surface area contributed by atoms with E-state index in [-0.39, 0.29) is 24.3 Å². The summed E-state index contributed by atoms with van der Waals surface area (Å²) in [5.41, 5.74) is 0.973. The molecule has 0 unspecified atom stereocenters. The van der Waals surface area contributed by atoms with E-state index in [0.29, 0.717) is 0 Å². The Balaban J connectivity index is 2.57. The second-order valence-corrected chi connectivity index (χ2v) is 5.45. The Labute approximate surface area is 101 Å². The van der Waals surface area contributed by atoms with E-state index in [9.17, 15) is 18.3 Å². The lowest BCUT2D eigenvalue weighted by Gasteiger charge is -2.07. The molecule has 0 bridgehead atoms. The number of aryl methyl sites for hydroxylation is 1. The molecule has 0 saturated heterocycles. The van der Waals surface area contributed by atoms with Crippen molar-refractivity contribution in [3.05, 3.63) is 29.8 Å². The number of carboxylic acid groups (broad SMARTS) is 1. The number of aliphatic carboxylic acids is 1. The lowest BCUT2D eigenvalue weighted by atomic mass is 10.2. The smallest absolute Gasteiger partial charge is 0.240 e. The third-order valence-corrected chi connectivity index (χ3v) is 3.66. The Morgan fingerprint density at radius 3 is 2.41 bits per heavy atom. The molecule has 0 fully saturated rings. The number of carboxylic acids is 1. The molecule has 0 aliphatic carbocycles. The minimum atomic E-state index is -3.54. The van der Waals surface area contributed by atoms with E-state index in [1.54, 1.807) is 12.1 Å². The summed E-state index contributed by atoms with van der Waals surface area (Å²) in [7, 11) is -3.54. The first-order chi connectivity index (χ1) is 7.92. The minimum Gasteiger partial charge on any atom is -0.550 e. The van der Waals surface area contributed by atoms with Gasteiger partial charge in [-0.05, 0) is 31.9 Å². The summed E-state index contributed by atoms with van der Waals surface area (Å²) in [6.07, 6.45) is 0.0594. The van der Waals surface area contributed by atoms with Gasteiger partial charge < -0.3 is 9.90 Å². The van der Waals surface area contributed by atoms with Crippen LogP contribution in [0.2, 0.25) is 0 Å². The first-order valence-corrected chi connectivity index (χ1v) is 6.66. The molecular weight excluding hydrogens is 242 g/mol. The van der Waals surface area contributed by atoms with Gasteiger partial charge in [-0.2, -0.15) is 0 Å². The van der Waals surface area contributed by atoms with Crippen molar-refractivity contribution in [3.8, 4) is 0 Å². The van der Waals surface area contributed by atoms with Crippen molar-refractivity contribution in [3.63, 3.8) is 0 Å². The minimum absolute atomic E-state index is 0.0875. The van der Waals surface area contributed by atoms with Gasteiger partial charge in [0.05, 0.1) is 4.90 Å². The molecular formula is C11H14NO4S-. The molecule has 1 rings (SSSR count). The fourth-order valence-corrected chi connectivity index (χ4v) is 2.31. The molecule has 0 aromatic heterocycles. The van der Waals surface area contributed by atoms with Gasteiger partial charge in [-0.15, -0.1) is 0 Å². The fourth-order valence-electron chi connectivity index (χ4n) is 1.24. The van der Waals surface area contributed by atoms with Crippen molar-refractivity contribution in [1.29, 1.82) is 0 Å². The Morgan fingerprint density at radius 1 is 1.29 bits per heavy atom. The van der Waals surface area contributed by atoms with E-state index in [1.807, 2.05) is 6.92 Å². The average Bonchev–Trinajstić information content (AvgIpc) is 2.25. The molecule has 0 aliphatic rings. The monoisotopic (exact) mass is 256 g/mol. The zero-order valence-electron chi connectivity index (χ0n) is 9.47. The first-order valence-electron chi connectivity index (χ1n) is 5.18. The summed E-state index contributed by atoms with van der Waals surface area (Å²) in [5.74, 6) is -1.18. The van der Waals surface area contributed by atoms with E-state index in [0.717, 1.165) is 5.56 Å². The third-order valence-electron chi connectivity index (χ3n) is 2.18. The van der Waals surface area contributed by atoms with E-state index in [2.05, 4.69) is 4.72 Å². The maximum atomic E-state index is 11.7. The van der Waals surface area contributed by atoms with Gasteiger partial charge in [-0.25, -0.2) is 13.1 Å². The number of benzene rings is 1. The van der Waals surface area contributed by atoms with Gasteiger partial charge in [0, 0.05) is 12.5 Å². The quantitative estimate of drug-likeness (QED) is 0.714. The zero-order valence-corrected chi connectivity index (χ0v) is 10.3. The predicted octanol–water partition coefficient (Wildman–Crippen LogP) is -0.197. The van der Waals surface area contributed by atoms with Crippen LogP contribution in [0.15, 0.2) is 29.2 Å². The predicted molar refractivity (Wildman–Crippen MR) is 60.6 cm³/mol. The van der Waals surface area contributed by atoms with Crippen LogP contribution in [0.4, 0.5) is 0 Å². The van der Waals surface area contributed by atoms with Gasteiger partial charge in [0.1, 0.15) is 0 Å². The van der Waals surface area contributed by atoms with Crippen molar-refractivity contribution in [2.24, 2.45) is 0 Å². The Bertz CT molecular complexity index is 479. The van der Waals surface area contributed by atoms with Crippen LogP contribution >= 0.6 is 0 Å². The van der Waals surface area contributed by atoms with Crippen LogP contribution in [0, 0.1) is 6.92 Å². The van der Waals surface area contributed by atoms with Gasteiger partial charge in [-0.3, -0.25) is 0 Å². The van der Waals surface area contributed by atoms with Crippen LogP contribution in [-0.2, 0) is 14.8 Å². The van der Waals surface area contributed by atoms with Crippen LogP contribution < -0.4 is 9.83 Å². The molecule has 0 atom stereocenters. The van der Waals surface area contributed by atoms with Crippen LogP contribution in [0.3, 0.4) is 0 Å². The fraction of sp³-hybridized carbons (Fsp3) is 0.364. The van der Waals surface area contributed by atoms with Gasteiger partial charge in [-0.1, -0.05) is 17.7 Å². The Hall–Kier alpha value is -1.40. The number of hydrogen-bond acceptors (Lipinski definition) is 4. The van der Waals surface area contributed by atoms with Gasteiger partial charge in [0.25, 0.3) is 0 Å². The molecule has 17 heavy (non-hydrogen) atoms. The Kier molecular flexibility index (Phi) is 4.65. The molecule has 0 radical (unpaired) electrons. The standard InChI is InChI=1S/C11H15NO4S/c1-9-4-6-10(7-5-9)17(15,16)12-8-2-3-11(13)14/h4-7,12H,2-3,8H2,1H3,(H,13,14)/p-1. The molecule has 6 heteroatoms. The van der Waals surface area contributed by atoms with Crippen molar-refractivity contribution >= 4 is 16.0 Å². The molecule has 0 aliphatic heterocycles. The molecule has 0 saturated carbocycles. The molecule has 1 aromatic carbocycles. The van der Waals surface area contributed by atoms with Crippen LogP contribution in [-0.4, -0.2) is 20.9 Å². The maximum absolute atomic E-state index is 11.7. The number of carbonyl (C=O) groups excluding carboxylic acids is 1. The third kappa shape index (κ3) is 4.54. The van der Waals surface area contributed by atoms with E-state index in [1.165, 1.54) is 12.1 Å². The average molecular weight is 256 g/mol. The molecule has 0 amide bonds. The first kappa shape index (κ1) is 13.7. The van der Waals surface area contributed by atoms with Crippen LogP contribution in [0.25, 0.3) is 0 Å². The molecule has 0 heterocycles. The summed E-state index contributed by atoms with van der Waals surface area (Å²) in [6, 6.07) is 6.43. The number of sulfonamides is 1. The largest absolute Gasteiger partial charge is 0.550 e. The number of hydrogen-bond donors (Lipinski definition) is 1. The Morgan fingerprint density at radius 2 is 1.88 bits per heavy atom. The van der Waals surface area contributed by atoms with Crippen molar-refractivity contribution in [1.82, 2.24) is 4.72 Å². The van der Waals surface area contributed by atoms with Gasteiger partial charge in [0.15, 0.2) is 0 Å². The lowest BCUT2D eigenvalue weighted by Crippen LogP contribution is -2.27. The number of rotatable bonds is 6. The molecule has 1 N–H and O–H groups in total. The summed E-state index contributed by atoms with van der Waals surface area (Å²) in [5, 5.41) is 10.1. The van der Waals surface area contributed by atoms with E-state index < -0.39 is 16.0 Å². The highest BCUT2D eigenvalue weighted by Crippen LogP contribution is 2.09. The number of carbonyl (C=O) groups is 1. The van der Waals surface area contributed by atoms with Crippen molar-refractivity contribution in [2.45, 2.75) is 24.7 Å². The van der Waals surface area contributed by atoms with Gasteiger partial charge in [0.2, 0.25) is 10.0 Å². The van der Waals surface area contributed by atoms with Crippen LogP contribution in [0.1, 0.15) is 18.4 Å². The van der Waals surface area contributed by atoms with Crippen LogP contribution in [0.5, 0.6) is 0 Å². The summed E-state index contributed by atoms with van der Waals surface area (Å²) >= 11 is 0. The van der Waals surface area contributed by atoms with Gasteiger partial charge >= 0.3 is 0 Å².